The number of piperidine rings is 1. The van der Waals surface area contributed by atoms with Gasteiger partial charge in [0.15, 0.2) is 0 Å². The number of ether oxygens (including phenoxy) is 2. The third-order valence-electron chi connectivity index (χ3n) is 6.58. The Balaban J connectivity index is 1.49. The van der Waals surface area contributed by atoms with Gasteiger partial charge in [-0.05, 0) is 37.8 Å². The molecule has 2 aliphatic heterocycles. The van der Waals surface area contributed by atoms with Gasteiger partial charge in [0.05, 0.1) is 24.3 Å². The number of benzene rings is 1. The first-order valence-corrected chi connectivity index (χ1v) is 12.2. The molecule has 172 valence electrons. The molecular formula is C24H31N3O4S. The number of thiazole rings is 1. The molecule has 1 spiro atoms. The number of likely N-dealkylation sites (tertiary alicyclic amines) is 1. The first kappa shape index (κ1) is 22.7. The van der Waals surface area contributed by atoms with Crippen molar-refractivity contribution in [1.29, 1.82) is 0 Å². The monoisotopic (exact) mass is 457 g/mol. The summed E-state index contributed by atoms with van der Waals surface area (Å²) in [6.07, 6.45) is 4.81. The third kappa shape index (κ3) is 5.30. The molecule has 2 aromatic rings. The number of amides is 2. The number of hydrogen-bond acceptors (Lipinski definition) is 6. The fourth-order valence-corrected chi connectivity index (χ4v) is 4.97. The first-order chi connectivity index (χ1) is 15.6. The molecule has 32 heavy (non-hydrogen) atoms. The molecule has 7 nitrogen and oxygen atoms in total. The van der Waals surface area contributed by atoms with Crippen LogP contribution in [0.25, 0.3) is 0 Å². The van der Waals surface area contributed by atoms with Gasteiger partial charge >= 0.3 is 0 Å². The molecule has 2 aliphatic rings. The van der Waals surface area contributed by atoms with E-state index in [1.165, 1.54) is 11.3 Å². The number of nitrogens with zero attached hydrogens (tertiary/aromatic N) is 3. The van der Waals surface area contributed by atoms with E-state index in [1.807, 2.05) is 34.5 Å². The summed E-state index contributed by atoms with van der Waals surface area (Å²) in [5.41, 5.74) is 2.79. The second-order valence-electron chi connectivity index (χ2n) is 8.75. The van der Waals surface area contributed by atoms with Crippen LogP contribution in [0.3, 0.4) is 0 Å². The van der Waals surface area contributed by atoms with E-state index >= 15 is 0 Å². The highest BCUT2D eigenvalue weighted by atomic mass is 32.1. The van der Waals surface area contributed by atoms with Crippen LogP contribution < -0.4 is 4.74 Å². The lowest BCUT2D eigenvalue weighted by Gasteiger charge is -2.41. The Labute approximate surface area is 193 Å². The molecule has 0 saturated carbocycles. The fourth-order valence-electron chi connectivity index (χ4n) is 4.45. The molecule has 1 saturated heterocycles. The average molecular weight is 458 g/mol. The predicted molar refractivity (Wildman–Crippen MR) is 123 cm³/mol. The van der Waals surface area contributed by atoms with E-state index < -0.39 is 0 Å². The second-order valence-corrected chi connectivity index (χ2v) is 9.47. The molecule has 0 N–H and O–H groups in total. The molecule has 1 aromatic carbocycles. The van der Waals surface area contributed by atoms with E-state index in [2.05, 4.69) is 4.98 Å². The van der Waals surface area contributed by atoms with Crippen LogP contribution in [-0.2, 0) is 4.74 Å². The lowest BCUT2D eigenvalue weighted by Crippen LogP contribution is -2.45. The maximum Gasteiger partial charge on any atom is 0.273 e. The van der Waals surface area contributed by atoms with Gasteiger partial charge in [0.25, 0.3) is 11.8 Å². The van der Waals surface area contributed by atoms with E-state index in [-0.39, 0.29) is 17.2 Å². The molecule has 1 aromatic heterocycles. The van der Waals surface area contributed by atoms with Crippen LogP contribution >= 0.6 is 11.3 Å². The molecule has 3 heterocycles. The van der Waals surface area contributed by atoms with Gasteiger partial charge in [0.2, 0.25) is 0 Å². The average Bonchev–Trinajstić information content (AvgIpc) is 3.36. The van der Waals surface area contributed by atoms with Crippen LogP contribution in [0.4, 0.5) is 0 Å². The number of rotatable bonds is 1. The number of aromatic nitrogens is 1. The molecule has 0 radical (unpaired) electrons. The highest BCUT2D eigenvalue weighted by Crippen LogP contribution is 2.38. The van der Waals surface area contributed by atoms with Crippen LogP contribution in [-0.4, -0.2) is 73.1 Å². The predicted octanol–water partition coefficient (Wildman–Crippen LogP) is 3.72. The molecule has 0 bridgehead atoms. The second kappa shape index (κ2) is 10.4. The van der Waals surface area contributed by atoms with Crippen molar-refractivity contribution in [3.63, 3.8) is 0 Å². The third-order valence-corrected chi connectivity index (χ3v) is 7.16. The standard InChI is InChI=1S/C24H31N3O4S/c1-26-13-15-30-14-5-4-8-24(17-31-21-7-3-2-6-19(21)22(26)28)9-11-27(12-10-24)23(29)20-16-32-18-25-20/h2-3,6-7,16,18H,4-5,8-15,17H2,1H3. The number of para-hydroxylation sites is 1. The molecular weight excluding hydrogens is 426 g/mol. The van der Waals surface area contributed by atoms with Crippen molar-refractivity contribution in [3.05, 3.63) is 46.4 Å². The van der Waals surface area contributed by atoms with Crippen LogP contribution in [0, 0.1) is 5.41 Å². The summed E-state index contributed by atoms with van der Waals surface area (Å²) in [6, 6.07) is 7.47. The molecule has 0 aliphatic carbocycles. The highest BCUT2D eigenvalue weighted by molar-refractivity contribution is 7.07. The van der Waals surface area contributed by atoms with Crippen LogP contribution in [0.2, 0.25) is 0 Å². The van der Waals surface area contributed by atoms with Crippen LogP contribution in [0.5, 0.6) is 5.75 Å². The van der Waals surface area contributed by atoms with E-state index in [0.29, 0.717) is 56.5 Å². The Bertz CT molecular complexity index is 910. The Morgan fingerprint density at radius 2 is 1.91 bits per heavy atom. The van der Waals surface area contributed by atoms with Crippen molar-refractivity contribution in [2.75, 3.05) is 46.5 Å². The minimum absolute atomic E-state index is 0.00953. The quantitative estimate of drug-likeness (QED) is 0.653. The maximum atomic E-state index is 12.9. The van der Waals surface area contributed by atoms with Crippen molar-refractivity contribution in [1.82, 2.24) is 14.8 Å². The molecule has 8 heteroatoms. The van der Waals surface area contributed by atoms with Crippen LogP contribution in [0.1, 0.15) is 53.0 Å². The number of likely N-dealkylation sites (N-methyl/N-ethyl adjacent to an activating group) is 1. The first-order valence-electron chi connectivity index (χ1n) is 11.3. The Kier molecular flexibility index (Phi) is 7.42. The van der Waals surface area contributed by atoms with Gasteiger partial charge in [-0.3, -0.25) is 9.59 Å². The smallest absolute Gasteiger partial charge is 0.273 e. The minimum Gasteiger partial charge on any atom is -0.492 e. The highest BCUT2D eigenvalue weighted by Gasteiger charge is 2.37. The maximum absolute atomic E-state index is 12.9. The van der Waals surface area contributed by atoms with Crippen molar-refractivity contribution in [3.8, 4) is 5.75 Å². The summed E-state index contributed by atoms with van der Waals surface area (Å²) < 4.78 is 12.1. The Morgan fingerprint density at radius 1 is 1.09 bits per heavy atom. The number of carbonyl (C=O) groups excluding carboxylic acids is 2. The van der Waals surface area contributed by atoms with Crippen molar-refractivity contribution >= 4 is 23.2 Å². The Morgan fingerprint density at radius 3 is 2.69 bits per heavy atom. The van der Waals surface area contributed by atoms with Gasteiger partial charge in [0.1, 0.15) is 11.4 Å². The zero-order valence-electron chi connectivity index (χ0n) is 18.6. The van der Waals surface area contributed by atoms with Gasteiger partial charge < -0.3 is 19.3 Å². The van der Waals surface area contributed by atoms with Gasteiger partial charge in [0, 0.05) is 44.1 Å². The summed E-state index contributed by atoms with van der Waals surface area (Å²) in [4.78, 5) is 33.4. The molecule has 2 amide bonds. The lowest BCUT2D eigenvalue weighted by molar-refractivity contribution is 0.0326. The van der Waals surface area contributed by atoms with Gasteiger partial charge in [-0.1, -0.05) is 18.6 Å². The van der Waals surface area contributed by atoms with Gasteiger partial charge in [-0.15, -0.1) is 11.3 Å². The van der Waals surface area contributed by atoms with Crippen molar-refractivity contribution in [2.45, 2.75) is 32.1 Å². The van der Waals surface area contributed by atoms with E-state index in [1.54, 1.807) is 17.5 Å². The fraction of sp³-hybridized carbons (Fsp3) is 0.542. The topological polar surface area (TPSA) is 72.0 Å². The number of hydrogen-bond donors (Lipinski definition) is 0. The summed E-state index contributed by atoms with van der Waals surface area (Å²) in [5.74, 6) is 0.581. The summed E-state index contributed by atoms with van der Waals surface area (Å²) >= 11 is 1.44. The SMILES string of the molecule is CN1CCOCCCCC2(CCN(C(=O)c3cscn3)CC2)COc2ccccc2C1=O. The van der Waals surface area contributed by atoms with E-state index in [9.17, 15) is 9.59 Å². The summed E-state index contributed by atoms with van der Waals surface area (Å²) in [5, 5.41) is 1.81. The van der Waals surface area contributed by atoms with Crippen LogP contribution in [0.15, 0.2) is 35.2 Å². The number of fused-ring (bicyclic) bond motifs is 1. The zero-order chi connectivity index (χ0) is 22.4. The summed E-state index contributed by atoms with van der Waals surface area (Å²) in [6.45, 7) is 3.72. The normalized spacial score (nSPS) is 20.3. The summed E-state index contributed by atoms with van der Waals surface area (Å²) in [7, 11) is 1.80. The van der Waals surface area contributed by atoms with E-state index in [0.717, 1.165) is 32.1 Å². The van der Waals surface area contributed by atoms with Crippen molar-refractivity contribution in [2.24, 2.45) is 5.41 Å². The van der Waals surface area contributed by atoms with E-state index in [4.69, 9.17) is 9.47 Å². The molecule has 1 fully saturated rings. The van der Waals surface area contributed by atoms with Gasteiger partial charge in [-0.2, -0.15) is 0 Å². The molecule has 4 rings (SSSR count). The lowest BCUT2D eigenvalue weighted by atomic mass is 9.75. The Hall–Kier alpha value is -2.45. The van der Waals surface area contributed by atoms with Crippen molar-refractivity contribution < 1.29 is 19.1 Å². The number of carbonyl (C=O) groups is 2. The molecule has 0 unspecified atom stereocenters. The van der Waals surface area contributed by atoms with Gasteiger partial charge in [-0.25, -0.2) is 4.98 Å². The molecule has 0 atom stereocenters. The zero-order valence-corrected chi connectivity index (χ0v) is 19.4. The minimum atomic E-state index is -0.0565. The largest absolute Gasteiger partial charge is 0.492 e.